The zero-order valence-electron chi connectivity index (χ0n) is 14.0. The molecule has 0 aliphatic rings. The van der Waals surface area contributed by atoms with Crippen LogP contribution in [0.1, 0.15) is 18.9 Å². The van der Waals surface area contributed by atoms with Crippen molar-refractivity contribution in [2.75, 3.05) is 23.8 Å². The van der Waals surface area contributed by atoms with E-state index in [0.717, 1.165) is 12.0 Å². The number of ether oxygens (including phenoxy) is 1. The fourth-order valence-electron chi connectivity index (χ4n) is 2.02. The molecule has 1 amide bonds. The van der Waals surface area contributed by atoms with E-state index in [0.29, 0.717) is 17.3 Å². The molecule has 0 aliphatic heterocycles. The van der Waals surface area contributed by atoms with Gasteiger partial charge in [-0.1, -0.05) is 24.6 Å². The Morgan fingerprint density at radius 1 is 1.25 bits per heavy atom. The van der Waals surface area contributed by atoms with Crippen LogP contribution in [0.25, 0.3) is 0 Å². The molecule has 1 heterocycles. The Kier molecular flexibility index (Phi) is 6.57. The molecule has 0 fully saturated rings. The Morgan fingerprint density at radius 2 is 2.00 bits per heavy atom. The first-order chi connectivity index (χ1) is 11.6. The lowest BCUT2D eigenvalue weighted by atomic mass is 10.2. The van der Waals surface area contributed by atoms with Crippen LogP contribution in [0.5, 0.6) is 5.75 Å². The van der Waals surface area contributed by atoms with Crippen molar-refractivity contribution in [2.24, 2.45) is 0 Å². The van der Waals surface area contributed by atoms with E-state index in [1.807, 2.05) is 38.1 Å². The van der Waals surface area contributed by atoms with E-state index in [9.17, 15) is 4.79 Å². The Balaban J connectivity index is 1.82. The van der Waals surface area contributed by atoms with Crippen LogP contribution in [0.4, 0.5) is 11.5 Å². The number of carbonyl (C=O) groups is 1. The van der Waals surface area contributed by atoms with Gasteiger partial charge < -0.3 is 20.5 Å². The predicted octanol–water partition coefficient (Wildman–Crippen LogP) is 2.59. The molecule has 24 heavy (non-hydrogen) atoms. The zero-order chi connectivity index (χ0) is 17.4. The van der Waals surface area contributed by atoms with Crippen LogP contribution in [0, 0.1) is 6.92 Å². The summed E-state index contributed by atoms with van der Waals surface area (Å²) < 4.78 is 5.43. The fraction of sp³-hybridized carbons (Fsp3) is 0.333. The molecule has 0 radical (unpaired) electrons. The lowest BCUT2D eigenvalue weighted by molar-refractivity contribution is -0.118. The molecule has 128 valence electrons. The summed E-state index contributed by atoms with van der Waals surface area (Å²) in [6.07, 6.45) is 2.36. The van der Waals surface area contributed by atoms with E-state index in [1.54, 1.807) is 18.3 Å². The summed E-state index contributed by atoms with van der Waals surface area (Å²) in [5.74, 6) is 1.06. The predicted molar refractivity (Wildman–Crippen MR) is 94.3 cm³/mol. The third-order valence-corrected chi connectivity index (χ3v) is 3.50. The van der Waals surface area contributed by atoms with Crippen molar-refractivity contribution in [2.45, 2.75) is 26.3 Å². The average Bonchev–Trinajstić information content (AvgIpc) is 2.60. The van der Waals surface area contributed by atoms with E-state index >= 15 is 0 Å². The van der Waals surface area contributed by atoms with E-state index in [2.05, 4.69) is 15.6 Å². The molecule has 1 atom stereocenters. The largest absolute Gasteiger partial charge is 0.484 e. The Labute approximate surface area is 141 Å². The van der Waals surface area contributed by atoms with Crippen molar-refractivity contribution in [3.8, 4) is 5.75 Å². The number of nitrogens with zero attached hydrogens (tertiary/aromatic N) is 1. The molecule has 0 saturated carbocycles. The number of hydrogen-bond acceptors (Lipinski definition) is 5. The van der Waals surface area contributed by atoms with Gasteiger partial charge in [0.15, 0.2) is 6.61 Å². The second kappa shape index (κ2) is 8.88. The van der Waals surface area contributed by atoms with Crippen LogP contribution in [-0.2, 0) is 4.79 Å². The molecule has 0 spiro atoms. The highest BCUT2D eigenvalue weighted by Gasteiger charge is 2.07. The number of rotatable bonds is 8. The standard InChI is InChI=1S/C18H23N3O3/c1-3-14(11-22)20-17-9-6-15(10-19-17)21-18(23)12-24-16-7-4-13(2)5-8-16/h4-10,14,22H,3,11-12H2,1-2H3,(H,19,20)(H,21,23). The Bertz CT molecular complexity index is 638. The monoisotopic (exact) mass is 329 g/mol. The van der Waals surface area contributed by atoms with Gasteiger partial charge in [0.2, 0.25) is 0 Å². The number of benzene rings is 1. The quantitative estimate of drug-likeness (QED) is 0.693. The Hall–Kier alpha value is -2.60. The maximum atomic E-state index is 11.9. The van der Waals surface area contributed by atoms with Crippen LogP contribution in [0.3, 0.4) is 0 Å². The van der Waals surface area contributed by atoms with Crippen LogP contribution in [0.15, 0.2) is 42.6 Å². The van der Waals surface area contributed by atoms with Gasteiger partial charge in [-0.25, -0.2) is 4.98 Å². The molecule has 0 aliphatic carbocycles. The fourth-order valence-corrected chi connectivity index (χ4v) is 2.02. The van der Waals surface area contributed by atoms with Gasteiger partial charge in [-0.3, -0.25) is 4.79 Å². The molecule has 0 bridgehead atoms. The number of anilines is 2. The number of pyridine rings is 1. The van der Waals surface area contributed by atoms with Gasteiger partial charge in [-0.05, 0) is 37.6 Å². The summed E-state index contributed by atoms with van der Waals surface area (Å²) in [6, 6.07) is 11.0. The number of aryl methyl sites for hydroxylation is 1. The van der Waals surface area contributed by atoms with Crippen LogP contribution in [0.2, 0.25) is 0 Å². The van der Waals surface area contributed by atoms with Crippen molar-refractivity contribution in [3.05, 3.63) is 48.2 Å². The minimum Gasteiger partial charge on any atom is -0.484 e. The van der Waals surface area contributed by atoms with Gasteiger partial charge in [0.05, 0.1) is 24.5 Å². The third kappa shape index (κ3) is 5.55. The molecule has 3 N–H and O–H groups in total. The molecule has 0 saturated heterocycles. The van der Waals surface area contributed by atoms with Crippen LogP contribution >= 0.6 is 0 Å². The first-order valence-electron chi connectivity index (χ1n) is 7.93. The molecule has 2 rings (SSSR count). The maximum Gasteiger partial charge on any atom is 0.262 e. The smallest absolute Gasteiger partial charge is 0.262 e. The molecular formula is C18H23N3O3. The van der Waals surface area contributed by atoms with Crippen molar-refractivity contribution >= 4 is 17.4 Å². The highest BCUT2D eigenvalue weighted by atomic mass is 16.5. The molecule has 1 unspecified atom stereocenters. The van der Waals surface area contributed by atoms with Gasteiger partial charge in [0.25, 0.3) is 5.91 Å². The van der Waals surface area contributed by atoms with Crippen LogP contribution < -0.4 is 15.4 Å². The van der Waals surface area contributed by atoms with E-state index in [4.69, 9.17) is 9.84 Å². The number of aromatic nitrogens is 1. The molecule has 2 aromatic rings. The van der Waals surface area contributed by atoms with Crippen molar-refractivity contribution in [1.82, 2.24) is 4.98 Å². The SMILES string of the molecule is CCC(CO)Nc1ccc(NC(=O)COc2ccc(C)cc2)cn1. The number of nitrogens with one attached hydrogen (secondary N) is 2. The minimum absolute atomic E-state index is 0.0270. The summed E-state index contributed by atoms with van der Waals surface area (Å²) in [5, 5.41) is 15.0. The summed E-state index contributed by atoms with van der Waals surface area (Å²) in [7, 11) is 0. The average molecular weight is 329 g/mol. The number of aliphatic hydroxyl groups is 1. The highest BCUT2D eigenvalue weighted by Crippen LogP contribution is 2.13. The van der Waals surface area contributed by atoms with Gasteiger partial charge in [0.1, 0.15) is 11.6 Å². The van der Waals surface area contributed by atoms with Gasteiger partial charge >= 0.3 is 0 Å². The van der Waals surface area contributed by atoms with E-state index in [1.165, 1.54) is 0 Å². The first-order valence-corrected chi connectivity index (χ1v) is 7.93. The lowest BCUT2D eigenvalue weighted by Gasteiger charge is -2.14. The topological polar surface area (TPSA) is 83.5 Å². The minimum atomic E-state index is -0.250. The zero-order valence-corrected chi connectivity index (χ0v) is 14.0. The van der Waals surface area contributed by atoms with Crippen molar-refractivity contribution in [1.29, 1.82) is 0 Å². The van der Waals surface area contributed by atoms with Gasteiger partial charge in [0, 0.05) is 0 Å². The molecule has 6 heteroatoms. The normalized spacial score (nSPS) is 11.6. The van der Waals surface area contributed by atoms with Crippen molar-refractivity contribution < 1.29 is 14.6 Å². The number of hydrogen-bond donors (Lipinski definition) is 3. The van der Waals surface area contributed by atoms with Crippen LogP contribution in [-0.4, -0.2) is 35.3 Å². The number of carbonyl (C=O) groups excluding carboxylic acids is 1. The lowest BCUT2D eigenvalue weighted by Crippen LogP contribution is -2.23. The second-order valence-electron chi connectivity index (χ2n) is 5.51. The van der Waals surface area contributed by atoms with Gasteiger partial charge in [-0.2, -0.15) is 0 Å². The van der Waals surface area contributed by atoms with Gasteiger partial charge in [-0.15, -0.1) is 0 Å². The summed E-state index contributed by atoms with van der Waals surface area (Å²) >= 11 is 0. The molecule has 1 aromatic heterocycles. The summed E-state index contributed by atoms with van der Waals surface area (Å²) in [4.78, 5) is 16.1. The van der Waals surface area contributed by atoms with E-state index < -0.39 is 0 Å². The second-order valence-corrected chi connectivity index (χ2v) is 5.51. The molecule has 6 nitrogen and oxygen atoms in total. The van der Waals surface area contributed by atoms with Crippen molar-refractivity contribution in [3.63, 3.8) is 0 Å². The summed E-state index contributed by atoms with van der Waals surface area (Å²) in [6.45, 7) is 3.96. The van der Waals surface area contributed by atoms with E-state index in [-0.39, 0.29) is 25.2 Å². The number of amides is 1. The maximum absolute atomic E-state index is 11.9. The summed E-state index contributed by atoms with van der Waals surface area (Å²) in [5.41, 5.74) is 1.73. The third-order valence-electron chi connectivity index (χ3n) is 3.50. The molecule has 1 aromatic carbocycles. The molecular weight excluding hydrogens is 306 g/mol. The highest BCUT2D eigenvalue weighted by molar-refractivity contribution is 5.91. The Morgan fingerprint density at radius 3 is 2.58 bits per heavy atom. The number of aliphatic hydroxyl groups excluding tert-OH is 1. The first kappa shape index (κ1) is 17.7.